The van der Waals surface area contributed by atoms with Gasteiger partial charge < -0.3 is 5.73 Å². The van der Waals surface area contributed by atoms with Crippen LogP contribution in [0.25, 0.3) is 0 Å². The summed E-state index contributed by atoms with van der Waals surface area (Å²) in [5, 5.41) is 0. The Morgan fingerprint density at radius 3 is 1.62 bits per heavy atom. The minimum atomic E-state index is 0.593. The molecule has 0 saturated heterocycles. The largest absolute Gasteiger partial charge is 0.326 e. The van der Waals surface area contributed by atoms with Crippen molar-refractivity contribution in [1.82, 2.24) is 4.90 Å². The van der Waals surface area contributed by atoms with E-state index in [1.165, 1.54) is 27.1 Å². The van der Waals surface area contributed by atoms with Crippen molar-refractivity contribution in [2.24, 2.45) is 5.73 Å². The summed E-state index contributed by atoms with van der Waals surface area (Å²) in [5.41, 5.74) is 10.9. The fourth-order valence-corrected chi connectivity index (χ4v) is 3.45. The molecule has 0 aliphatic carbocycles. The molecular weight excluding hydrogens is 336 g/mol. The van der Waals surface area contributed by atoms with Gasteiger partial charge in [-0.3, -0.25) is 4.90 Å². The lowest BCUT2D eigenvalue weighted by molar-refractivity contribution is 0.247. The Hall–Kier alpha value is -2.07. The van der Waals surface area contributed by atoms with E-state index in [4.69, 9.17) is 5.73 Å². The molecule has 0 heterocycles. The Bertz CT molecular complexity index is 733. The fraction of sp³-hybridized carbons (Fsp3) is 0.217. The number of thioether (sulfide) groups is 1. The molecular formula is C23H26N2S. The Labute approximate surface area is 161 Å². The van der Waals surface area contributed by atoms with Crippen LogP contribution in [0.4, 0.5) is 0 Å². The standard InChI is InChI=1S/C23H26N2S/c1-26-23-13-11-22(12-14-23)18-25(16-20-5-3-2-4-6-20)17-21-9-7-19(15-24)8-10-21/h2-14H,15-18,24H2,1H3. The van der Waals surface area contributed by atoms with Crippen molar-refractivity contribution in [1.29, 1.82) is 0 Å². The molecule has 2 nitrogen and oxygen atoms in total. The van der Waals surface area contributed by atoms with Gasteiger partial charge in [-0.25, -0.2) is 0 Å². The molecule has 2 N–H and O–H groups in total. The highest BCUT2D eigenvalue weighted by atomic mass is 32.2. The van der Waals surface area contributed by atoms with E-state index in [1.807, 2.05) is 0 Å². The lowest BCUT2D eigenvalue weighted by Crippen LogP contribution is -2.22. The van der Waals surface area contributed by atoms with Gasteiger partial charge in [0, 0.05) is 31.1 Å². The third kappa shape index (κ3) is 5.46. The molecule has 0 aromatic heterocycles. The molecule has 0 atom stereocenters. The average molecular weight is 363 g/mol. The van der Waals surface area contributed by atoms with E-state index in [0.717, 1.165) is 19.6 Å². The maximum Gasteiger partial charge on any atom is 0.0240 e. The number of hydrogen-bond acceptors (Lipinski definition) is 3. The molecule has 26 heavy (non-hydrogen) atoms. The monoisotopic (exact) mass is 362 g/mol. The van der Waals surface area contributed by atoms with Crippen LogP contribution >= 0.6 is 11.8 Å². The maximum atomic E-state index is 5.72. The van der Waals surface area contributed by atoms with Crippen molar-refractivity contribution in [2.75, 3.05) is 6.26 Å². The Morgan fingerprint density at radius 1 is 0.654 bits per heavy atom. The topological polar surface area (TPSA) is 29.3 Å². The first-order valence-electron chi connectivity index (χ1n) is 8.94. The van der Waals surface area contributed by atoms with Gasteiger partial charge >= 0.3 is 0 Å². The van der Waals surface area contributed by atoms with Gasteiger partial charge in [0.05, 0.1) is 0 Å². The number of benzene rings is 3. The zero-order valence-corrected chi connectivity index (χ0v) is 16.1. The van der Waals surface area contributed by atoms with Gasteiger partial charge in [0.25, 0.3) is 0 Å². The summed E-state index contributed by atoms with van der Waals surface area (Å²) < 4.78 is 0. The van der Waals surface area contributed by atoms with Gasteiger partial charge in [-0.15, -0.1) is 11.8 Å². The zero-order valence-electron chi connectivity index (χ0n) is 15.3. The van der Waals surface area contributed by atoms with Crippen LogP contribution in [0.3, 0.4) is 0 Å². The van der Waals surface area contributed by atoms with Crippen molar-refractivity contribution in [3.05, 3.63) is 101 Å². The molecule has 0 unspecified atom stereocenters. The second kappa shape index (κ2) is 9.58. The second-order valence-corrected chi connectivity index (χ2v) is 7.38. The SMILES string of the molecule is CSc1ccc(CN(Cc2ccccc2)Cc2ccc(CN)cc2)cc1. The van der Waals surface area contributed by atoms with E-state index in [-0.39, 0.29) is 0 Å². The molecule has 0 spiro atoms. The zero-order chi connectivity index (χ0) is 18.2. The van der Waals surface area contributed by atoms with Gasteiger partial charge in [-0.2, -0.15) is 0 Å². The van der Waals surface area contributed by atoms with Gasteiger partial charge in [0.1, 0.15) is 0 Å². The Kier molecular flexibility index (Phi) is 6.89. The average Bonchev–Trinajstić information content (AvgIpc) is 2.70. The third-order valence-corrected chi connectivity index (χ3v) is 5.22. The number of rotatable bonds is 8. The predicted octanol–water partition coefficient (Wildman–Crippen LogP) is 5.07. The normalized spacial score (nSPS) is 11.0. The summed E-state index contributed by atoms with van der Waals surface area (Å²) in [6, 6.07) is 28.2. The predicted molar refractivity (Wildman–Crippen MR) is 112 cm³/mol. The lowest BCUT2D eigenvalue weighted by atomic mass is 10.1. The van der Waals surface area contributed by atoms with Crippen LogP contribution in [0.15, 0.2) is 83.8 Å². The molecule has 0 amide bonds. The first-order valence-corrected chi connectivity index (χ1v) is 10.2. The van der Waals surface area contributed by atoms with Crippen molar-refractivity contribution in [2.45, 2.75) is 31.1 Å². The number of hydrogen-bond donors (Lipinski definition) is 1. The van der Waals surface area contributed by atoms with E-state index in [2.05, 4.69) is 90.0 Å². The molecule has 0 bridgehead atoms. The van der Waals surface area contributed by atoms with E-state index in [9.17, 15) is 0 Å². The minimum absolute atomic E-state index is 0.593. The molecule has 0 aliphatic rings. The van der Waals surface area contributed by atoms with Crippen molar-refractivity contribution < 1.29 is 0 Å². The van der Waals surface area contributed by atoms with Crippen molar-refractivity contribution in [3.8, 4) is 0 Å². The summed E-state index contributed by atoms with van der Waals surface area (Å²) >= 11 is 1.78. The molecule has 3 rings (SSSR count). The van der Waals surface area contributed by atoms with Crippen molar-refractivity contribution >= 4 is 11.8 Å². The van der Waals surface area contributed by atoms with Crippen LogP contribution in [-0.2, 0) is 26.2 Å². The summed E-state index contributed by atoms with van der Waals surface area (Å²) in [4.78, 5) is 3.79. The van der Waals surface area contributed by atoms with Crippen LogP contribution < -0.4 is 5.73 Å². The molecule has 0 fully saturated rings. The van der Waals surface area contributed by atoms with Crippen LogP contribution in [0, 0.1) is 0 Å². The summed E-state index contributed by atoms with van der Waals surface area (Å²) in [5.74, 6) is 0. The first-order chi connectivity index (χ1) is 12.8. The summed E-state index contributed by atoms with van der Waals surface area (Å²) in [6.45, 7) is 3.38. The Morgan fingerprint density at radius 2 is 1.12 bits per heavy atom. The quantitative estimate of drug-likeness (QED) is 0.567. The molecule has 3 aromatic carbocycles. The number of nitrogens with zero attached hydrogens (tertiary/aromatic N) is 1. The van der Waals surface area contributed by atoms with Crippen LogP contribution in [0.2, 0.25) is 0 Å². The third-order valence-electron chi connectivity index (χ3n) is 4.48. The van der Waals surface area contributed by atoms with Crippen LogP contribution in [-0.4, -0.2) is 11.2 Å². The first kappa shape index (κ1) is 18.7. The summed E-state index contributed by atoms with van der Waals surface area (Å²) in [7, 11) is 0. The highest BCUT2D eigenvalue weighted by molar-refractivity contribution is 7.98. The van der Waals surface area contributed by atoms with Crippen molar-refractivity contribution in [3.63, 3.8) is 0 Å². The lowest BCUT2D eigenvalue weighted by Gasteiger charge is -2.23. The minimum Gasteiger partial charge on any atom is -0.326 e. The van der Waals surface area contributed by atoms with Crippen LogP contribution in [0.1, 0.15) is 22.3 Å². The van der Waals surface area contributed by atoms with Gasteiger partial charge in [0.15, 0.2) is 0 Å². The maximum absolute atomic E-state index is 5.72. The van der Waals surface area contributed by atoms with Gasteiger partial charge in [0.2, 0.25) is 0 Å². The molecule has 0 radical (unpaired) electrons. The molecule has 134 valence electrons. The van der Waals surface area contributed by atoms with Gasteiger partial charge in [-0.1, -0.05) is 66.7 Å². The molecule has 3 heteroatoms. The number of nitrogens with two attached hydrogens (primary N) is 1. The van der Waals surface area contributed by atoms with E-state index < -0.39 is 0 Å². The molecule has 3 aromatic rings. The highest BCUT2D eigenvalue weighted by Gasteiger charge is 2.09. The Balaban J connectivity index is 1.75. The van der Waals surface area contributed by atoms with Gasteiger partial charge in [-0.05, 0) is 40.6 Å². The molecule has 0 aliphatic heterocycles. The molecule has 0 saturated carbocycles. The van der Waals surface area contributed by atoms with E-state index >= 15 is 0 Å². The van der Waals surface area contributed by atoms with E-state index in [1.54, 1.807) is 11.8 Å². The second-order valence-electron chi connectivity index (χ2n) is 6.50. The van der Waals surface area contributed by atoms with E-state index in [0.29, 0.717) is 6.54 Å². The fourth-order valence-electron chi connectivity index (χ4n) is 3.04. The highest BCUT2D eigenvalue weighted by Crippen LogP contribution is 2.18. The smallest absolute Gasteiger partial charge is 0.0240 e. The summed E-state index contributed by atoms with van der Waals surface area (Å²) in [6.07, 6.45) is 2.11. The van der Waals surface area contributed by atoms with Crippen LogP contribution in [0.5, 0.6) is 0 Å².